The number of carbonyl (C=O) groups excluding carboxylic acids is 3. The number of rotatable bonds is 9. The predicted molar refractivity (Wildman–Crippen MR) is 131 cm³/mol. The molecule has 7 nitrogen and oxygen atoms in total. The Morgan fingerprint density at radius 2 is 1.85 bits per heavy atom. The number of benzene rings is 2. The molecule has 0 aliphatic carbocycles. The number of carbonyl (C=O) groups is 3. The zero-order valence-electron chi connectivity index (χ0n) is 18.5. The van der Waals surface area contributed by atoms with Crippen molar-refractivity contribution in [1.82, 2.24) is 10.2 Å². The third-order valence-electron chi connectivity index (χ3n) is 5.47. The molecule has 2 aliphatic rings. The number of amidine groups is 2. The summed E-state index contributed by atoms with van der Waals surface area (Å²) in [5.41, 5.74) is 2.11. The van der Waals surface area contributed by atoms with E-state index in [-0.39, 0.29) is 29.8 Å². The maximum atomic E-state index is 13.2. The number of hydrogen-bond acceptors (Lipinski definition) is 6. The average molecular weight is 463 g/mol. The van der Waals surface area contributed by atoms with E-state index >= 15 is 0 Å². The molecular weight excluding hydrogens is 436 g/mol. The Kier molecular flexibility index (Phi) is 7.34. The molecule has 2 aliphatic heterocycles. The minimum absolute atomic E-state index is 0.0346. The van der Waals surface area contributed by atoms with Gasteiger partial charge in [0.1, 0.15) is 11.9 Å². The summed E-state index contributed by atoms with van der Waals surface area (Å²) < 4.78 is 0. The maximum Gasteiger partial charge on any atom is 0.259 e. The first-order valence-electron chi connectivity index (χ1n) is 11.2. The van der Waals surface area contributed by atoms with Gasteiger partial charge in [-0.25, -0.2) is 9.89 Å². The van der Waals surface area contributed by atoms with Gasteiger partial charge in [-0.05, 0) is 25.0 Å². The van der Waals surface area contributed by atoms with Gasteiger partial charge in [-0.2, -0.15) is 0 Å². The van der Waals surface area contributed by atoms with Crippen LogP contribution >= 0.6 is 11.8 Å². The molecule has 4 rings (SSSR count). The van der Waals surface area contributed by atoms with Crippen LogP contribution in [0.4, 0.5) is 5.69 Å². The van der Waals surface area contributed by atoms with Gasteiger partial charge in [0.05, 0.1) is 11.4 Å². The van der Waals surface area contributed by atoms with Crippen molar-refractivity contribution in [2.45, 2.75) is 38.6 Å². The zero-order valence-corrected chi connectivity index (χ0v) is 19.3. The molecular formula is C25H26N4O3S. The summed E-state index contributed by atoms with van der Waals surface area (Å²) in [5.74, 6) is 0.383. The van der Waals surface area contributed by atoms with Crippen LogP contribution in [-0.4, -0.2) is 51.8 Å². The number of thioether (sulfide) groups is 1. The summed E-state index contributed by atoms with van der Waals surface area (Å²) in [6.07, 6.45) is 2.51. The molecule has 1 atom stereocenters. The molecule has 2 heterocycles. The van der Waals surface area contributed by atoms with E-state index in [1.54, 1.807) is 12.1 Å². The number of Topliss-reactive ketones (excluding diaryl/α,β-unsaturated/α-hetero) is 1. The lowest BCUT2D eigenvalue weighted by Crippen LogP contribution is -2.41. The van der Waals surface area contributed by atoms with Crippen LogP contribution in [0.2, 0.25) is 0 Å². The van der Waals surface area contributed by atoms with Gasteiger partial charge in [-0.1, -0.05) is 67.6 Å². The Morgan fingerprint density at radius 1 is 1.09 bits per heavy atom. The Morgan fingerprint density at radius 3 is 2.64 bits per heavy atom. The SMILES string of the molecule is CCCCNC(=O)CC[C@@H]1N=C2c3ccccc3N=C(SCC(=O)c3ccccc3)N2C1=O. The van der Waals surface area contributed by atoms with E-state index < -0.39 is 6.04 Å². The van der Waals surface area contributed by atoms with Gasteiger partial charge in [-0.3, -0.25) is 19.4 Å². The van der Waals surface area contributed by atoms with Crippen molar-refractivity contribution in [2.75, 3.05) is 12.3 Å². The van der Waals surface area contributed by atoms with E-state index in [0.29, 0.717) is 35.2 Å². The lowest BCUT2D eigenvalue weighted by molar-refractivity contribution is -0.125. The van der Waals surface area contributed by atoms with Gasteiger partial charge < -0.3 is 5.32 Å². The summed E-state index contributed by atoms with van der Waals surface area (Å²) in [4.78, 5) is 48.8. The van der Waals surface area contributed by atoms with Crippen molar-refractivity contribution < 1.29 is 14.4 Å². The molecule has 0 radical (unpaired) electrons. The van der Waals surface area contributed by atoms with Gasteiger partial charge >= 0.3 is 0 Å². The van der Waals surface area contributed by atoms with E-state index in [0.717, 1.165) is 18.4 Å². The summed E-state index contributed by atoms with van der Waals surface area (Å²) in [7, 11) is 0. The number of nitrogens with zero attached hydrogens (tertiary/aromatic N) is 3. The topological polar surface area (TPSA) is 91.2 Å². The van der Waals surface area contributed by atoms with E-state index in [4.69, 9.17) is 0 Å². The number of nitrogens with one attached hydrogen (secondary N) is 1. The first-order chi connectivity index (χ1) is 16.1. The number of amides is 2. The maximum absolute atomic E-state index is 13.2. The Balaban J connectivity index is 1.49. The monoisotopic (exact) mass is 462 g/mol. The number of unbranched alkanes of at least 4 members (excludes halogenated alkanes) is 1. The fourth-order valence-corrected chi connectivity index (χ4v) is 4.58. The number of hydrogen-bond donors (Lipinski definition) is 1. The molecule has 0 bridgehead atoms. The largest absolute Gasteiger partial charge is 0.356 e. The molecule has 0 aromatic heterocycles. The summed E-state index contributed by atoms with van der Waals surface area (Å²) in [5, 5.41) is 3.32. The summed E-state index contributed by atoms with van der Waals surface area (Å²) in [6, 6.07) is 15.9. The molecule has 2 aromatic carbocycles. The van der Waals surface area contributed by atoms with Crippen LogP contribution in [0.1, 0.15) is 48.5 Å². The normalized spacial score (nSPS) is 16.6. The van der Waals surface area contributed by atoms with Crippen LogP contribution in [-0.2, 0) is 9.59 Å². The smallest absolute Gasteiger partial charge is 0.259 e. The first kappa shape index (κ1) is 22.9. The van der Waals surface area contributed by atoms with Crippen molar-refractivity contribution in [3.8, 4) is 0 Å². The third kappa shape index (κ3) is 5.22. The van der Waals surface area contributed by atoms with Gasteiger partial charge in [-0.15, -0.1) is 0 Å². The fraction of sp³-hybridized carbons (Fsp3) is 0.320. The van der Waals surface area contributed by atoms with E-state index in [1.165, 1.54) is 16.7 Å². The molecule has 0 saturated heterocycles. The Bertz CT molecular complexity index is 1110. The van der Waals surface area contributed by atoms with E-state index in [9.17, 15) is 14.4 Å². The van der Waals surface area contributed by atoms with Crippen molar-refractivity contribution in [1.29, 1.82) is 0 Å². The molecule has 0 unspecified atom stereocenters. The number of ketones is 1. The number of fused-ring (bicyclic) bond motifs is 3. The quantitative estimate of drug-likeness (QED) is 0.451. The lowest BCUT2D eigenvalue weighted by Gasteiger charge is -2.25. The molecule has 33 heavy (non-hydrogen) atoms. The molecule has 0 fully saturated rings. The van der Waals surface area contributed by atoms with Crippen LogP contribution in [0.25, 0.3) is 0 Å². The second-order valence-corrected chi connectivity index (χ2v) is 8.82. The van der Waals surface area contributed by atoms with Gasteiger partial charge in [0, 0.05) is 24.1 Å². The van der Waals surface area contributed by atoms with Crippen LogP contribution in [0, 0.1) is 0 Å². The van der Waals surface area contributed by atoms with E-state index in [1.807, 2.05) is 42.5 Å². The standard InChI is InChI=1S/C25H26N4O3S/c1-2-3-15-26-22(31)14-13-20-24(32)29-23(27-20)18-11-7-8-12-19(18)28-25(29)33-16-21(30)17-9-5-4-6-10-17/h4-12,20H,2-3,13-16H2,1H3,(H,26,31)/t20-/m0/s1. The van der Waals surface area contributed by atoms with Gasteiger partial charge in [0.2, 0.25) is 5.91 Å². The number of para-hydroxylation sites is 1. The molecule has 170 valence electrons. The van der Waals surface area contributed by atoms with Crippen LogP contribution < -0.4 is 5.32 Å². The van der Waals surface area contributed by atoms with Crippen molar-refractivity contribution in [2.24, 2.45) is 9.98 Å². The first-order valence-corrected chi connectivity index (χ1v) is 12.1. The highest BCUT2D eigenvalue weighted by atomic mass is 32.2. The van der Waals surface area contributed by atoms with Gasteiger partial charge in [0.25, 0.3) is 5.91 Å². The predicted octanol–water partition coefficient (Wildman–Crippen LogP) is 3.96. The average Bonchev–Trinajstić information content (AvgIpc) is 3.18. The summed E-state index contributed by atoms with van der Waals surface area (Å²) >= 11 is 1.23. The molecule has 1 N–H and O–H groups in total. The van der Waals surface area contributed by atoms with Crippen molar-refractivity contribution in [3.63, 3.8) is 0 Å². The highest BCUT2D eigenvalue weighted by Crippen LogP contribution is 2.34. The molecule has 0 spiro atoms. The minimum atomic E-state index is -0.640. The van der Waals surface area contributed by atoms with Crippen molar-refractivity contribution >= 4 is 46.1 Å². The summed E-state index contributed by atoms with van der Waals surface area (Å²) in [6.45, 7) is 2.71. The Hall–Kier alpha value is -3.26. The van der Waals surface area contributed by atoms with Gasteiger partial charge in [0.15, 0.2) is 11.0 Å². The highest BCUT2D eigenvalue weighted by molar-refractivity contribution is 8.14. The molecule has 0 saturated carbocycles. The number of aliphatic imine (C=N–C) groups is 2. The second-order valence-electron chi connectivity index (χ2n) is 7.87. The molecule has 2 aromatic rings. The van der Waals surface area contributed by atoms with E-state index in [2.05, 4.69) is 22.2 Å². The minimum Gasteiger partial charge on any atom is -0.356 e. The fourth-order valence-electron chi connectivity index (χ4n) is 3.69. The lowest BCUT2D eigenvalue weighted by atomic mass is 10.1. The molecule has 2 amide bonds. The van der Waals surface area contributed by atoms with Crippen molar-refractivity contribution in [3.05, 3.63) is 65.7 Å². The highest BCUT2D eigenvalue weighted by Gasteiger charge is 2.41. The third-order valence-corrected chi connectivity index (χ3v) is 6.41. The Labute approximate surface area is 197 Å². The van der Waals surface area contributed by atoms with Crippen LogP contribution in [0.15, 0.2) is 64.6 Å². The van der Waals surface area contributed by atoms with Crippen LogP contribution in [0.5, 0.6) is 0 Å². The zero-order chi connectivity index (χ0) is 23.2. The van der Waals surface area contributed by atoms with Crippen LogP contribution in [0.3, 0.4) is 0 Å². The molecule has 8 heteroatoms. The second kappa shape index (κ2) is 10.6.